The average molecular weight is 415 g/mol. The maximum atomic E-state index is 13.0. The number of pyridine rings is 1. The quantitative estimate of drug-likeness (QED) is 0.709. The summed E-state index contributed by atoms with van der Waals surface area (Å²) in [4.78, 5) is 25.8. The summed E-state index contributed by atoms with van der Waals surface area (Å²) in [6.07, 6.45) is 9.59. The van der Waals surface area contributed by atoms with Crippen molar-refractivity contribution in [2.45, 2.75) is 46.6 Å². The van der Waals surface area contributed by atoms with Crippen LogP contribution in [0.4, 0.5) is 5.69 Å². The summed E-state index contributed by atoms with van der Waals surface area (Å²) in [7, 11) is 0. The van der Waals surface area contributed by atoms with Crippen molar-refractivity contribution >= 4 is 27.5 Å². The van der Waals surface area contributed by atoms with E-state index in [2.05, 4.69) is 34.1 Å². The first kappa shape index (κ1) is 20.0. The molecule has 0 bridgehead atoms. The molecule has 0 spiro atoms. The van der Waals surface area contributed by atoms with E-state index >= 15 is 0 Å². The minimum absolute atomic E-state index is 0.158. The van der Waals surface area contributed by atoms with E-state index in [-0.39, 0.29) is 11.0 Å². The molecule has 0 atom stereocenters. The number of terminal acetylenes is 1. The fourth-order valence-corrected chi connectivity index (χ4v) is 3.39. The fourth-order valence-electron chi connectivity index (χ4n) is 2.94. The van der Waals surface area contributed by atoms with E-state index in [1.165, 1.54) is 0 Å². The summed E-state index contributed by atoms with van der Waals surface area (Å²) < 4.78 is 2.14. The lowest BCUT2D eigenvalue weighted by Gasteiger charge is -2.17. The number of aryl methyl sites for hydroxylation is 2. The standard InChI is InChI=1S/C21H23BrN2O2/c1-5-7-11-17-18(20(25)16(22)13-24(17)12-6-2)21(26)23-19-14(3)9-8-10-15(19)4/h2,8-10,13H,5,7,11-12H2,1,3-4H3,(H,23,26). The second-order valence-electron chi connectivity index (χ2n) is 6.28. The van der Waals surface area contributed by atoms with E-state index in [4.69, 9.17) is 6.42 Å². The highest BCUT2D eigenvalue weighted by Gasteiger charge is 2.21. The lowest BCUT2D eigenvalue weighted by molar-refractivity contribution is 0.102. The Morgan fingerprint density at radius 3 is 2.54 bits per heavy atom. The molecule has 0 aliphatic rings. The zero-order chi connectivity index (χ0) is 19.3. The summed E-state index contributed by atoms with van der Waals surface area (Å²) in [5.41, 5.74) is 3.17. The van der Waals surface area contributed by atoms with Gasteiger partial charge in [-0.05, 0) is 53.7 Å². The van der Waals surface area contributed by atoms with Gasteiger partial charge in [0, 0.05) is 17.6 Å². The lowest BCUT2D eigenvalue weighted by atomic mass is 10.0. The van der Waals surface area contributed by atoms with E-state index in [9.17, 15) is 9.59 Å². The van der Waals surface area contributed by atoms with Gasteiger partial charge in [0.05, 0.1) is 11.0 Å². The number of hydrogen-bond donors (Lipinski definition) is 1. The highest BCUT2D eigenvalue weighted by Crippen LogP contribution is 2.21. The molecule has 4 nitrogen and oxygen atoms in total. The average Bonchev–Trinajstić information content (AvgIpc) is 2.60. The fraction of sp³-hybridized carbons (Fsp3) is 0.333. The minimum Gasteiger partial charge on any atom is -0.338 e. The van der Waals surface area contributed by atoms with Crippen molar-refractivity contribution in [3.63, 3.8) is 0 Å². The maximum absolute atomic E-state index is 13.0. The van der Waals surface area contributed by atoms with Gasteiger partial charge in [0.25, 0.3) is 5.91 Å². The number of rotatable bonds is 6. The Labute approximate surface area is 162 Å². The molecule has 2 rings (SSSR count). The first-order valence-electron chi connectivity index (χ1n) is 8.63. The highest BCUT2D eigenvalue weighted by atomic mass is 79.9. The van der Waals surface area contributed by atoms with Crippen molar-refractivity contribution in [2.75, 3.05) is 5.32 Å². The van der Waals surface area contributed by atoms with Crippen LogP contribution in [-0.4, -0.2) is 10.5 Å². The first-order chi connectivity index (χ1) is 12.4. The third-order valence-corrected chi connectivity index (χ3v) is 4.89. The van der Waals surface area contributed by atoms with Crippen LogP contribution in [0.5, 0.6) is 0 Å². The van der Waals surface area contributed by atoms with Crippen LogP contribution in [0.3, 0.4) is 0 Å². The normalized spacial score (nSPS) is 10.4. The summed E-state index contributed by atoms with van der Waals surface area (Å²) in [6, 6.07) is 5.79. The van der Waals surface area contributed by atoms with Gasteiger partial charge in [-0.3, -0.25) is 9.59 Å². The molecule has 2 aromatic rings. The van der Waals surface area contributed by atoms with Crippen LogP contribution in [0.1, 0.15) is 46.9 Å². The number of anilines is 1. The number of nitrogens with one attached hydrogen (secondary N) is 1. The van der Waals surface area contributed by atoms with Crippen molar-refractivity contribution < 1.29 is 4.79 Å². The molecule has 136 valence electrons. The topological polar surface area (TPSA) is 51.1 Å². The van der Waals surface area contributed by atoms with Crippen molar-refractivity contribution in [3.8, 4) is 12.3 Å². The summed E-state index contributed by atoms with van der Waals surface area (Å²) in [6.45, 7) is 6.23. The second-order valence-corrected chi connectivity index (χ2v) is 7.14. The molecule has 26 heavy (non-hydrogen) atoms. The van der Waals surface area contributed by atoms with Crippen LogP contribution in [-0.2, 0) is 13.0 Å². The number of aromatic nitrogens is 1. The van der Waals surface area contributed by atoms with E-state index in [1.807, 2.05) is 32.0 Å². The zero-order valence-electron chi connectivity index (χ0n) is 15.4. The smallest absolute Gasteiger partial charge is 0.261 e. The first-order valence-corrected chi connectivity index (χ1v) is 9.42. The molecule has 1 heterocycles. The van der Waals surface area contributed by atoms with E-state index in [1.54, 1.807) is 10.8 Å². The number of hydrogen-bond acceptors (Lipinski definition) is 2. The molecular formula is C21H23BrN2O2. The minimum atomic E-state index is -0.398. The predicted octanol–water partition coefficient (Wildman–Crippen LogP) is 4.46. The van der Waals surface area contributed by atoms with Gasteiger partial charge < -0.3 is 9.88 Å². The molecule has 0 unspecified atom stereocenters. The lowest BCUT2D eigenvalue weighted by Crippen LogP contribution is -2.28. The van der Waals surface area contributed by atoms with Crippen molar-refractivity contribution in [2.24, 2.45) is 0 Å². The van der Waals surface area contributed by atoms with Crippen LogP contribution < -0.4 is 10.7 Å². The molecule has 1 N–H and O–H groups in total. The summed E-state index contributed by atoms with van der Waals surface area (Å²) >= 11 is 3.27. The molecule has 0 saturated carbocycles. The van der Waals surface area contributed by atoms with E-state index < -0.39 is 5.91 Å². The van der Waals surface area contributed by atoms with Crippen molar-refractivity contribution in [1.82, 2.24) is 4.57 Å². The number of halogens is 1. The van der Waals surface area contributed by atoms with Crippen LogP contribution in [0.25, 0.3) is 0 Å². The molecular weight excluding hydrogens is 392 g/mol. The van der Waals surface area contributed by atoms with Gasteiger partial charge >= 0.3 is 0 Å². The maximum Gasteiger partial charge on any atom is 0.261 e. The monoisotopic (exact) mass is 414 g/mol. The summed E-state index contributed by atoms with van der Waals surface area (Å²) in [5.74, 6) is 2.19. The second kappa shape index (κ2) is 8.86. The van der Waals surface area contributed by atoms with Gasteiger partial charge in [-0.25, -0.2) is 0 Å². The van der Waals surface area contributed by atoms with Gasteiger partial charge in [0.15, 0.2) is 0 Å². The third kappa shape index (κ3) is 4.25. The number of nitrogens with zero attached hydrogens (tertiary/aromatic N) is 1. The summed E-state index contributed by atoms with van der Waals surface area (Å²) in [5, 5.41) is 2.92. The number of unbranched alkanes of at least 4 members (excludes halogenated alkanes) is 1. The molecule has 0 radical (unpaired) electrons. The molecule has 0 aliphatic carbocycles. The van der Waals surface area contributed by atoms with E-state index in [0.717, 1.165) is 29.7 Å². The van der Waals surface area contributed by atoms with Gasteiger partial charge in [-0.2, -0.15) is 0 Å². The highest BCUT2D eigenvalue weighted by molar-refractivity contribution is 9.10. The zero-order valence-corrected chi connectivity index (χ0v) is 16.9. The van der Waals surface area contributed by atoms with Gasteiger partial charge in [-0.15, -0.1) is 6.42 Å². The number of amides is 1. The largest absolute Gasteiger partial charge is 0.338 e. The number of para-hydroxylation sites is 1. The molecule has 0 aliphatic heterocycles. The van der Waals surface area contributed by atoms with Crippen LogP contribution in [0.15, 0.2) is 33.7 Å². The Kier molecular flexibility index (Phi) is 6.82. The number of carbonyl (C=O) groups is 1. The Morgan fingerprint density at radius 1 is 1.31 bits per heavy atom. The van der Waals surface area contributed by atoms with Crippen LogP contribution in [0, 0.1) is 26.2 Å². The van der Waals surface area contributed by atoms with Gasteiger partial charge in [0.2, 0.25) is 5.43 Å². The van der Waals surface area contributed by atoms with Crippen molar-refractivity contribution in [3.05, 3.63) is 61.5 Å². The van der Waals surface area contributed by atoms with Crippen LogP contribution >= 0.6 is 15.9 Å². The number of carbonyl (C=O) groups excluding carboxylic acids is 1. The molecule has 0 saturated heterocycles. The van der Waals surface area contributed by atoms with Crippen molar-refractivity contribution in [1.29, 1.82) is 0 Å². The molecule has 1 amide bonds. The third-order valence-electron chi connectivity index (χ3n) is 4.32. The molecule has 5 heteroatoms. The molecule has 1 aromatic carbocycles. The Bertz CT molecular complexity index is 903. The molecule has 1 aromatic heterocycles. The predicted molar refractivity (Wildman–Crippen MR) is 110 cm³/mol. The van der Waals surface area contributed by atoms with Crippen LogP contribution in [0.2, 0.25) is 0 Å². The molecule has 0 fully saturated rings. The van der Waals surface area contributed by atoms with Gasteiger partial charge in [-0.1, -0.05) is 37.5 Å². The Hall–Kier alpha value is -2.32. The Balaban J connectivity index is 2.57. The SMILES string of the molecule is C#CCn1cc(Br)c(=O)c(C(=O)Nc2c(C)cccc2C)c1CCCC. The Morgan fingerprint density at radius 2 is 1.96 bits per heavy atom. The van der Waals surface area contributed by atoms with Gasteiger partial charge in [0.1, 0.15) is 5.56 Å². The number of benzene rings is 1. The van der Waals surface area contributed by atoms with E-state index in [0.29, 0.717) is 23.1 Å².